The van der Waals surface area contributed by atoms with Gasteiger partial charge >= 0.3 is 26.2 Å². The van der Waals surface area contributed by atoms with Gasteiger partial charge in [-0.05, 0) is 35.2 Å². The molecule has 0 nitrogen and oxygen atoms in total. The Hall–Kier alpha value is -2.70. The molecule has 0 heterocycles. The summed E-state index contributed by atoms with van der Waals surface area (Å²) in [5, 5.41) is 10.8. The number of halogens is 2. The van der Waals surface area contributed by atoms with E-state index in [1.165, 1.54) is 70.9 Å². The second-order valence-electron chi connectivity index (χ2n) is 10.1. The maximum atomic E-state index is 2.32. The van der Waals surface area contributed by atoms with Gasteiger partial charge in [0.05, 0.1) is 0 Å². The molecule has 0 atom stereocenters. The van der Waals surface area contributed by atoms with E-state index in [-0.39, 0.29) is 51.0 Å². The van der Waals surface area contributed by atoms with Gasteiger partial charge in [0.1, 0.15) is 0 Å². The van der Waals surface area contributed by atoms with E-state index in [0.717, 1.165) is 12.8 Å². The van der Waals surface area contributed by atoms with E-state index in [0.29, 0.717) is 0 Å². The molecular weight excluding hydrogens is 607 g/mol. The Morgan fingerprint density at radius 1 is 0.525 bits per heavy atom. The van der Waals surface area contributed by atoms with E-state index in [9.17, 15) is 0 Å². The number of hydrogen-bond acceptors (Lipinski definition) is 0. The Labute approximate surface area is 269 Å². The van der Waals surface area contributed by atoms with E-state index in [4.69, 9.17) is 0 Å². The minimum Gasteiger partial charge on any atom is -1.00 e. The fourth-order valence-corrected chi connectivity index (χ4v) is 5.55. The van der Waals surface area contributed by atoms with Crippen molar-refractivity contribution in [3.8, 4) is 11.1 Å². The van der Waals surface area contributed by atoms with Crippen LogP contribution < -0.4 is 24.8 Å². The molecule has 0 unspecified atom stereocenters. The largest absolute Gasteiger partial charge is 4.00 e. The quantitative estimate of drug-likeness (QED) is 0.250. The zero-order valence-corrected chi connectivity index (χ0v) is 27.1. The molecule has 7 rings (SSSR count). The van der Waals surface area contributed by atoms with Gasteiger partial charge in [-0.2, -0.15) is 6.07 Å². The molecule has 0 bridgehead atoms. The first-order chi connectivity index (χ1) is 18.1. The molecule has 7 aromatic carbocycles. The van der Waals surface area contributed by atoms with Crippen molar-refractivity contribution in [2.75, 3.05) is 0 Å². The zero-order chi connectivity index (χ0) is 25.4. The second kappa shape index (κ2) is 13.8. The summed E-state index contributed by atoms with van der Waals surface area (Å²) in [7, 11) is 0. The predicted molar refractivity (Wildman–Crippen MR) is 163 cm³/mol. The van der Waals surface area contributed by atoms with E-state index in [1.807, 2.05) is 0 Å². The molecule has 0 N–H and O–H groups in total. The molecule has 0 aromatic heterocycles. The second-order valence-corrected chi connectivity index (χ2v) is 10.1. The topological polar surface area (TPSA) is 0 Å². The van der Waals surface area contributed by atoms with Crippen LogP contribution in [0, 0.1) is 6.92 Å². The molecule has 0 aliphatic heterocycles. The van der Waals surface area contributed by atoms with Gasteiger partial charge in [-0.3, -0.25) is 0 Å². The van der Waals surface area contributed by atoms with E-state index >= 15 is 0 Å². The van der Waals surface area contributed by atoms with Crippen LogP contribution in [0.2, 0.25) is 0 Å². The molecular formula is C37H32Cl2Zr. The van der Waals surface area contributed by atoms with Gasteiger partial charge in [-0.1, -0.05) is 104 Å². The van der Waals surface area contributed by atoms with Crippen molar-refractivity contribution in [1.29, 1.82) is 0 Å². The number of benzene rings is 5. The number of hydrogen-bond donors (Lipinski definition) is 0. The first-order valence-corrected chi connectivity index (χ1v) is 13.4. The van der Waals surface area contributed by atoms with Crippen molar-refractivity contribution < 1.29 is 51.0 Å². The molecule has 3 heteroatoms. The van der Waals surface area contributed by atoms with Crippen LogP contribution in [0.25, 0.3) is 54.2 Å². The standard InChI is InChI=1S/C20H15.C17H17.2ClH.Zr/c1-14-11-17-7-4-8-19(20(17)12-14)18-10-9-15-5-2-3-6-16(15)13-18;1-3-12-5-7-16-14(9-12)11-15-10-13(4-2)6-8-17(15)16;;;/h2-13H,1H3;5-11H,3-4H2,1-2H3;2*1H;/q2*-1;;;+4/p-2. The van der Waals surface area contributed by atoms with Gasteiger partial charge in [0.15, 0.2) is 0 Å². The minimum atomic E-state index is 0. The fourth-order valence-electron chi connectivity index (χ4n) is 5.55. The summed E-state index contributed by atoms with van der Waals surface area (Å²) in [6.45, 7) is 6.57. The van der Waals surface area contributed by atoms with Gasteiger partial charge in [-0.25, -0.2) is 0 Å². The maximum absolute atomic E-state index is 2.32. The third kappa shape index (κ3) is 6.28. The van der Waals surface area contributed by atoms with Gasteiger partial charge in [-0.15, -0.1) is 74.3 Å². The van der Waals surface area contributed by atoms with Crippen LogP contribution in [-0.4, -0.2) is 0 Å². The third-order valence-electron chi connectivity index (χ3n) is 7.61. The molecule has 0 fully saturated rings. The molecule has 198 valence electrons. The Kier molecular flexibility index (Phi) is 11.0. The summed E-state index contributed by atoms with van der Waals surface area (Å²) in [6, 6.07) is 42.3. The van der Waals surface area contributed by atoms with Crippen LogP contribution in [0.5, 0.6) is 0 Å². The van der Waals surface area contributed by atoms with Crippen molar-refractivity contribution in [3.05, 3.63) is 132 Å². The fraction of sp³-hybridized carbons (Fsp3) is 0.135. The van der Waals surface area contributed by atoms with Crippen LogP contribution in [0.3, 0.4) is 0 Å². The summed E-state index contributed by atoms with van der Waals surface area (Å²) in [4.78, 5) is 0. The average molecular weight is 639 g/mol. The smallest absolute Gasteiger partial charge is 1.00 e. The number of fused-ring (bicyclic) bond motifs is 5. The Morgan fingerprint density at radius 2 is 1.15 bits per heavy atom. The summed E-state index contributed by atoms with van der Waals surface area (Å²) in [5.41, 5.74) is 6.78. The first-order valence-electron chi connectivity index (χ1n) is 13.4. The summed E-state index contributed by atoms with van der Waals surface area (Å²) >= 11 is 0. The van der Waals surface area contributed by atoms with Crippen LogP contribution in [-0.2, 0) is 39.0 Å². The molecule has 7 aromatic rings. The molecule has 0 saturated heterocycles. The maximum Gasteiger partial charge on any atom is 4.00 e. The minimum absolute atomic E-state index is 0. The van der Waals surface area contributed by atoms with Crippen LogP contribution in [0.4, 0.5) is 0 Å². The molecule has 0 radical (unpaired) electrons. The van der Waals surface area contributed by atoms with Crippen LogP contribution in [0.1, 0.15) is 30.5 Å². The van der Waals surface area contributed by atoms with Gasteiger partial charge in [0.2, 0.25) is 0 Å². The van der Waals surface area contributed by atoms with Crippen molar-refractivity contribution in [1.82, 2.24) is 0 Å². The summed E-state index contributed by atoms with van der Waals surface area (Å²) in [6.07, 6.45) is 2.22. The third-order valence-corrected chi connectivity index (χ3v) is 7.61. The molecule has 0 amide bonds. The molecule has 0 spiro atoms. The SMILES string of the molecule is CCc1ccc2c(c1)[cH-]c1cc(CC)ccc12.Cc1cc2c(-c3ccc4ccccc4c3)cccc2[cH-]1.[Cl-].[Cl-].[Zr+4]. The summed E-state index contributed by atoms with van der Waals surface area (Å²) in [5.74, 6) is 0. The van der Waals surface area contributed by atoms with Crippen molar-refractivity contribution in [2.24, 2.45) is 0 Å². The Morgan fingerprint density at radius 3 is 1.77 bits per heavy atom. The van der Waals surface area contributed by atoms with E-state index in [1.54, 1.807) is 0 Å². The average Bonchev–Trinajstić information content (AvgIpc) is 3.51. The van der Waals surface area contributed by atoms with E-state index < -0.39 is 0 Å². The zero-order valence-electron chi connectivity index (χ0n) is 23.1. The summed E-state index contributed by atoms with van der Waals surface area (Å²) < 4.78 is 0. The predicted octanol–water partition coefficient (Wildman–Crippen LogP) is 4.53. The van der Waals surface area contributed by atoms with Crippen LogP contribution in [0.15, 0.2) is 115 Å². The molecule has 40 heavy (non-hydrogen) atoms. The van der Waals surface area contributed by atoms with Crippen molar-refractivity contribution in [3.63, 3.8) is 0 Å². The van der Waals surface area contributed by atoms with Gasteiger partial charge < -0.3 is 24.8 Å². The first kappa shape index (κ1) is 31.8. The Bertz CT molecular complexity index is 1810. The van der Waals surface area contributed by atoms with Gasteiger partial charge in [0, 0.05) is 0 Å². The van der Waals surface area contributed by atoms with Crippen molar-refractivity contribution >= 4 is 43.1 Å². The number of rotatable bonds is 3. The number of aryl methyl sites for hydroxylation is 3. The van der Waals surface area contributed by atoms with Gasteiger partial charge in [0.25, 0.3) is 0 Å². The van der Waals surface area contributed by atoms with Crippen molar-refractivity contribution in [2.45, 2.75) is 33.6 Å². The molecule has 0 aliphatic carbocycles. The monoisotopic (exact) mass is 636 g/mol. The van der Waals surface area contributed by atoms with Crippen LogP contribution >= 0.6 is 0 Å². The van der Waals surface area contributed by atoms with E-state index in [2.05, 4.69) is 136 Å². The molecule has 0 saturated carbocycles. The molecule has 0 aliphatic rings. The Balaban J connectivity index is 0.000000207. The normalized spacial score (nSPS) is 10.5.